The largest absolute Gasteiger partial charge is 0.477 e. The molecule has 0 saturated carbocycles. The Morgan fingerprint density at radius 2 is 2.10 bits per heavy atom. The molecule has 0 aliphatic carbocycles. The summed E-state index contributed by atoms with van der Waals surface area (Å²) in [6.07, 6.45) is 0. The Bertz CT molecular complexity index is 738. The van der Waals surface area contributed by atoms with Crippen LogP contribution in [0.4, 0.5) is 0 Å². The molecule has 8 heteroatoms. The fraction of sp³-hybridized carbons (Fsp3) is 0. The normalized spacial score (nSPS) is 10.4. The van der Waals surface area contributed by atoms with Crippen LogP contribution in [0.1, 0.15) is 9.67 Å². The zero-order chi connectivity index (χ0) is 13.9. The number of carbonyl (C=O) groups is 1. The number of hydrogen-bond donors (Lipinski definition) is 1. The van der Waals surface area contributed by atoms with Crippen LogP contribution in [-0.4, -0.2) is 31.3 Å². The second-order valence-electron chi connectivity index (χ2n) is 3.76. The first-order valence-corrected chi connectivity index (χ1v) is 6.45. The maximum atomic E-state index is 10.8. The minimum absolute atomic E-state index is 0.172. The smallest absolute Gasteiger partial charge is 0.346 e. The molecule has 3 rings (SSSR count). The van der Waals surface area contributed by atoms with Gasteiger partial charge in [0.2, 0.25) is 0 Å². The molecule has 0 bridgehead atoms. The van der Waals surface area contributed by atoms with Crippen molar-refractivity contribution in [3.63, 3.8) is 0 Å². The molecular weight excluding hydrogens is 280 g/mol. The van der Waals surface area contributed by atoms with E-state index in [2.05, 4.69) is 15.5 Å². The molecule has 2 heterocycles. The number of nitrogens with zero attached hydrogens (tertiary/aromatic N) is 4. The lowest BCUT2D eigenvalue weighted by Gasteiger charge is -2.03. The third-order valence-corrected chi connectivity index (χ3v) is 3.33. The molecule has 20 heavy (non-hydrogen) atoms. The summed E-state index contributed by atoms with van der Waals surface area (Å²) in [5.74, 6) is -0.605. The molecule has 3 aromatic rings. The number of para-hydroxylation sites is 1. The van der Waals surface area contributed by atoms with Gasteiger partial charge in [-0.15, -0.1) is 11.3 Å². The molecule has 0 amide bonds. The minimum atomic E-state index is -0.993. The predicted molar refractivity (Wildman–Crippen MR) is 70.5 cm³/mol. The van der Waals surface area contributed by atoms with Gasteiger partial charge in [0.05, 0.1) is 5.69 Å². The van der Waals surface area contributed by atoms with Crippen LogP contribution >= 0.6 is 11.3 Å². The summed E-state index contributed by atoms with van der Waals surface area (Å²) in [5.41, 5.74) is 0.751. The summed E-state index contributed by atoms with van der Waals surface area (Å²) in [7, 11) is 0. The summed E-state index contributed by atoms with van der Waals surface area (Å²) in [6.45, 7) is 0. The molecule has 0 saturated heterocycles. The van der Waals surface area contributed by atoms with Crippen molar-refractivity contribution in [2.24, 2.45) is 0 Å². The molecule has 1 aromatic carbocycles. The predicted octanol–water partition coefficient (Wildman–Crippen LogP) is 2.21. The molecule has 0 aliphatic rings. The van der Waals surface area contributed by atoms with Gasteiger partial charge < -0.3 is 9.84 Å². The van der Waals surface area contributed by atoms with Crippen molar-refractivity contribution in [3.05, 3.63) is 46.7 Å². The molecule has 0 aliphatic heterocycles. The van der Waals surface area contributed by atoms with Gasteiger partial charge in [-0.25, -0.2) is 4.79 Å². The van der Waals surface area contributed by atoms with Crippen LogP contribution < -0.4 is 4.74 Å². The molecule has 1 N–H and O–H groups in total. The zero-order valence-corrected chi connectivity index (χ0v) is 10.8. The summed E-state index contributed by atoms with van der Waals surface area (Å²) in [6, 6.07) is 10.9. The van der Waals surface area contributed by atoms with Crippen LogP contribution in [-0.2, 0) is 0 Å². The summed E-state index contributed by atoms with van der Waals surface area (Å²) >= 11 is 1.08. The van der Waals surface area contributed by atoms with Crippen LogP contribution in [0.15, 0.2) is 41.8 Å². The number of aromatic nitrogens is 4. The van der Waals surface area contributed by atoms with Crippen LogP contribution in [0.3, 0.4) is 0 Å². The van der Waals surface area contributed by atoms with Gasteiger partial charge in [-0.3, -0.25) is 0 Å². The van der Waals surface area contributed by atoms with Gasteiger partial charge in [0, 0.05) is 11.4 Å². The van der Waals surface area contributed by atoms with Gasteiger partial charge in [-0.05, 0) is 22.6 Å². The fourth-order valence-electron chi connectivity index (χ4n) is 1.56. The molecule has 100 valence electrons. The van der Waals surface area contributed by atoms with Crippen LogP contribution in [0.5, 0.6) is 11.8 Å². The number of carboxylic acids is 1. The highest BCUT2D eigenvalue weighted by Gasteiger charge is 2.13. The first-order valence-electron chi connectivity index (χ1n) is 5.57. The van der Waals surface area contributed by atoms with Crippen molar-refractivity contribution in [2.75, 3.05) is 0 Å². The Kier molecular flexibility index (Phi) is 3.13. The standard InChI is InChI=1S/C12H8N4O3S/c17-11(18)10-6-9(7-20-10)19-12-13-14-15-16(12)8-4-2-1-3-5-8/h1-7H,(H,17,18). The first kappa shape index (κ1) is 12.3. The number of rotatable bonds is 4. The van der Waals surface area contributed by atoms with Crippen molar-refractivity contribution in [2.45, 2.75) is 0 Å². The Morgan fingerprint density at radius 3 is 2.80 bits per heavy atom. The quantitative estimate of drug-likeness (QED) is 0.791. The number of thiophene rings is 1. The third kappa shape index (κ3) is 2.36. The van der Waals surface area contributed by atoms with Gasteiger partial charge in [-0.2, -0.15) is 4.68 Å². The SMILES string of the molecule is O=C(O)c1cc(Oc2nnnn2-c2ccccc2)cs1. The number of aromatic carboxylic acids is 1. The highest BCUT2D eigenvalue weighted by molar-refractivity contribution is 7.12. The first-order chi connectivity index (χ1) is 9.74. The van der Waals surface area contributed by atoms with E-state index in [9.17, 15) is 4.79 Å². The molecule has 0 atom stereocenters. The van der Waals surface area contributed by atoms with Gasteiger partial charge >= 0.3 is 12.0 Å². The Balaban J connectivity index is 1.88. The van der Waals surface area contributed by atoms with Crippen molar-refractivity contribution in [3.8, 4) is 17.4 Å². The minimum Gasteiger partial charge on any atom is -0.477 e. The van der Waals surface area contributed by atoms with E-state index in [1.165, 1.54) is 10.7 Å². The van der Waals surface area contributed by atoms with E-state index in [-0.39, 0.29) is 10.9 Å². The Morgan fingerprint density at radius 1 is 1.30 bits per heavy atom. The average Bonchev–Trinajstić information content (AvgIpc) is 3.09. The highest BCUT2D eigenvalue weighted by atomic mass is 32.1. The van der Waals surface area contributed by atoms with Gasteiger partial charge in [0.25, 0.3) is 0 Å². The maximum absolute atomic E-state index is 10.8. The summed E-state index contributed by atoms with van der Waals surface area (Å²) < 4.78 is 6.94. The number of carboxylic acid groups (broad SMARTS) is 1. The molecule has 0 unspecified atom stereocenters. The fourth-order valence-corrected chi connectivity index (χ4v) is 2.21. The van der Waals surface area contributed by atoms with Gasteiger partial charge in [0.1, 0.15) is 10.6 Å². The summed E-state index contributed by atoms with van der Waals surface area (Å²) in [5, 5.41) is 21.6. The van der Waals surface area contributed by atoms with Crippen LogP contribution in [0.25, 0.3) is 5.69 Å². The van der Waals surface area contributed by atoms with E-state index in [4.69, 9.17) is 9.84 Å². The topological polar surface area (TPSA) is 90.1 Å². The van der Waals surface area contributed by atoms with E-state index in [0.717, 1.165) is 17.0 Å². The number of hydrogen-bond acceptors (Lipinski definition) is 6. The molecule has 2 aromatic heterocycles. The number of ether oxygens (including phenoxy) is 1. The van der Waals surface area contributed by atoms with E-state index in [1.807, 2.05) is 30.3 Å². The monoisotopic (exact) mass is 288 g/mol. The van der Waals surface area contributed by atoms with Crippen molar-refractivity contribution in [1.29, 1.82) is 0 Å². The van der Waals surface area contributed by atoms with Crippen molar-refractivity contribution in [1.82, 2.24) is 20.2 Å². The molecule has 0 radical (unpaired) electrons. The third-order valence-electron chi connectivity index (χ3n) is 2.44. The molecule has 0 fully saturated rings. The zero-order valence-electron chi connectivity index (χ0n) is 10.0. The summed E-state index contributed by atoms with van der Waals surface area (Å²) in [4.78, 5) is 11.0. The Hall–Kier alpha value is -2.74. The lowest BCUT2D eigenvalue weighted by atomic mass is 10.3. The second kappa shape index (κ2) is 5.10. The van der Waals surface area contributed by atoms with Crippen LogP contribution in [0, 0.1) is 0 Å². The van der Waals surface area contributed by atoms with E-state index in [1.54, 1.807) is 5.38 Å². The number of tetrazole rings is 1. The number of benzene rings is 1. The molecule has 0 spiro atoms. The van der Waals surface area contributed by atoms with E-state index >= 15 is 0 Å². The molecular formula is C12H8N4O3S. The second-order valence-corrected chi connectivity index (χ2v) is 4.67. The van der Waals surface area contributed by atoms with E-state index in [0.29, 0.717) is 5.75 Å². The Labute approximate surface area is 117 Å². The van der Waals surface area contributed by atoms with Crippen LogP contribution in [0.2, 0.25) is 0 Å². The maximum Gasteiger partial charge on any atom is 0.346 e. The lowest BCUT2D eigenvalue weighted by Crippen LogP contribution is -1.99. The van der Waals surface area contributed by atoms with Crippen molar-refractivity contribution < 1.29 is 14.6 Å². The van der Waals surface area contributed by atoms with Crippen molar-refractivity contribution >= 4 is 17.3 Å². The average molecular weight is 288 g/mol. The molecule has 7 nitrogen and oxygen atoms in total. The van der Waals surface area contributed by atoms with Gasteiger partial charge in [0.15, 0.2) is 0 Å². The highest BCUT2D eigenvalue weighted by Crippen LogP contribution is 2.26. The van der Waals surface area contributed by atoms with E-state index < -0.39 is 5.97 Å². The lowest BCUT2D eigenvalue weighted by molar-refractivity contribution is 0.0702. The van der Waals surface area contributed by atoms with Gasteiger partial charge in [-0.1, -0.05) is 23.3 Å².